The van der Waals surface area contributed by atoms with Crippen molar-refractivity contribution in [1.82, 2.24) is 15.0 Å². The van der Waals surface area contributed by atoms with Gasteiger partial charge in [0.05, 0.1) is 22.9 Å². The average molecular weight is 248 g/mol. The van der Waals surface area contributed by atoms with Gasteiger partial charge in [-0.3, -0.25) is 9.78 Å². The number of aromatic nitrogens is 3. The molecule has 0 unspecified atom stereocenters. The van der Waals surface area contributed by atoms with Gasteiger partial charge in [0.25, 0.3) is 5.56 Å². The molecule has 0 aliphatic heterocycles. The van der Waals surface area contributed by atoms with Crippen molar-refractivity contribution in [2.45, 2.75) is 0 Å². The highest BCUT2D eigenvalue weighted by atomic mass is 16.1. The summed E-state index contributed by atoms with van der Waals surface area (Å²) < 4.78 is 0. The maximum atomic E-state index is 11.3. The molecule has 0 atom stereocenters. The van der Waals surface area contributed by atoms with Gasteiger partial charge < -0.3 is 4.98 Å². The maximum absolute atomic E-state index is 11.3. The van der Waals surface area contributed by atoms with Crippen molar-refractivity contribution in [1.29, 1.82) is 5.26 Å². The summed E-state index contributed by atoms with van der Waals surface area (Å²) in [6.07, 6.45) is 3.15. The second kappa shape index (κ2) is 4.35. The Morgan fingerprint density at radius 3 is 2.79 bits per heavy atom. The highest BCUT2D eigenvalue weighted by Crippen LogP contribution is 2.17. The van der Waals surface area contributed by atoms with E-state index in [-0.39, 0.29) is 5.56 Å². The van der Waals surface area contributed by atoms with Crippen LogP contribution in [-0.4, -0.2) is 15.0 Å². The van der Waals surface area contributed by atoms with Crippen LogP contribution in [0.1, 0.15) is 5.56 Å². The fourth-order valence-electron chi connectivity index (χ4n) is 1.81. The molecule has 1 N–H and O–H groups in total. The standard InChI is InChI=1S/C14H8N4O/c15-6-9-5-10(7-17-14(9)19)13-8-16-11-3-1-2-4-12(11)18-13/h1-5,7-8H,(H,17,19). The van der Waals surface area contributed by atoms with Gasteiger partial charge >= 0.3 is 0 Å². The molecular formula is C14H8N4O. The Hall–Kier alpha value is -3.00. The molecule has 0 fully saturated rings. The number of benzene rings is 1. The first-order valence-electron chi connectivity index (χ1n) is 5.63. The van der Waals surface area contributed by atoms with Gasteiger partial charge in [-0.25, -0.2) is 4.98 Å². The highest BCUT2D eigenvalue weighted by Gasteiger charge is 2.05. The Bertz CT molecular complexity index is 861. The van der Waals surface area contributed by atoms with Crippen LogP contribution in [0.5, 0.6) is 0 Å². The lowest BCUT2D eigenvalue weighted by Gasteiger charge is -2.02. The Morgan fingerprint density at radius 2 is 2.00 bits per heavy atom. The zero-order valence-electron chi connectivity index (χ0n) is 9.79. The monoisotopic (exact) mass is 248 g/mol. The lowest BCUT2D eigenvalue weighted by atomic mass is 10.1. The predicted octanol–water partition coefficient (Wildman–Crippen LogP) is 1.86. The number of H-pyrrole nitrogens is 1. The minimum atomic E-state index is -0.403. The van der Waals surface area contributed by atoms with Crippen molar-refractivity contribution in [2.24, 2.45) is 0 Å². The highest BCUT2D eigenvalue weighted by molar-refractivity contribution is 5.76. The average Bonchev–Trinajstić information content (AvgIpc) is 2.47. The van der Waals surface area contributed by atoms with E-state index in [1.165, 1.54) is 12.3 Å². The zero-order chi connectivity index (χ0) is 13.2. The Kier molecular flexibility index (Phi) is 2.54. The minimum Gasteiger partial charge on any atom is -0.327 e. The van der Waals surface area contributed by atoms with Gasteiger partial charge in [-0.2, -0.15) is 5.26 Å². The molecule has 5 nitrogen and oxygen atoms in total. The molecule has 2 heterocycles. The van der Waals surface area contributed by atoms with Gasteiger partial charge in [-0.15, -0.1) is 0 Å². The molecule has 3 aromatic rings. The molecule has 5 heteroatoms. The number of aromatic amines is 1. The first-order chi connectivity index (χ1) is 9.28. The number of nitrogens with one attached hydrogen (secondary N) is 1. The van der Waals surface area contributed by atoms with Gasteiger partial charge in [-0.1, -0.05) is 12.1 Å². The summed E-state index contributed by atoms with van der Waals surface area (Å²) >= 11 is 0. The van der Waals surface area contributed by atoms with Crippen molar-refractivity contribution in [3.05, 3.63) is 58.6 Å². The molecule has 0 aliphatic carbocycles. The third kappa shape index (κ3) is 1.96. The summed E-state index contributed by atoms with van der Waals surface area (Å²) in [5.41, 5.74) is 2.51. The largest absolute Gasteiger partial charge is 0.327 e. The number of para-hydroxylation sites is 2. The quantitative estimate of drug-likeness (QED) is 0.712. The minimum absolute atomic E-state index is 0.0625. The second-order valence-corrected chi connectivity index (χ2v) is 3.99. The van der Waals surface area contributed by atoms with Crippen LogP contribution in [0.3, 0.4) is 0 Å². The van der Waals surface area contributed by atoms with Crippen LogP contribution < -0.4 is 5.56 Å². The zero-order valence-corrected chi connectivity index (χ0v) is 9.79. The third-order valence-electron chi connectivity index (χ3n) is 2.77. The van der Waals surface area contributed by atoms with Crippen molar-refractivity contribution >= 4 is 11.0 Å². The van der Waals surface area contributed by atoms with Gasteiger partial charge in [0, 0.05) is 11.8 Å². The van der Waals surface area contributed by atoms with E-state index in [0.717, 1.165) is 11.0 Å². The number of fused-ring (bicyclic) bond motifs is 1. The van der Waals surface area contributed by atoms with E-state index in [9.17, 15) is 4.79 Å². The first-order valence-corrected chi connectivity index (χ1v) is 5.63. The molecule has 0 radical (unpaired) electrons. The molecule has 90 valence electrons. The van der Waals surface area contributed by atoms with Gasteiger partial charge in [-0.05, 0) is 18.2 Å². The Labute approximate surface area is 108 Å². The van der Waals surface area contributed by atoms with Gasteiger partial charge in [0.15, 0.2) is 0 Å². The lowest BCUT2D eigenvalue weighted by Crippen LogP contribution is -2.09. The number of nitrogens with zero attached hydrogens (tertiary/aromatic N) is 3. The number of hydrogen-bond acceptors (Lipinski definition) is 4. The van der Waals surface area contributed by atoms with Crippen molar-refractivity contribution in [3.63, 3.8) is 0 Å². The molecule has 0 saturated carbocycles. The van der Waals surface area contributed by atoms with Crippen molar-refractivity contribution < 1.29 is 0 Å². The van der Waals surface area contributed by atoms with E-state index in [0.29, 0.717) is 11.3 Å². The smallest absolute Gasteiger partial charge is 0.265 e. The van der Waals surface area contributed by atoms with E-state index in [4.69, 9.17) is 5.26 Å². The van der Waals surface area contributed by atoms with E-state index in [2.05, 4.69) is 15.0 Å². The molecule has 0 spiro atoms. The van der Waals surface area contributed by atoms with Gasteiger partial charge in [0.2, 0.25) is 0 Å². The maximum Gasteiger partial charge on any atom is 0.265 e. The summed E-state index contributed by atoms with van der Waals surface area (Å²) in [4.78, 5) is 22.6. The van der Waals surface area contributed by atoms with Crippen LogP contribution in [0.2, 0.25) is 0 Å². The summed E-state index contributed by atoms with van der Waals surface area (Å²) in [5, 5.41) is 8.86. The van der Waals surface area contributed by atoms with Crippen LogP contribution in [0.15, 0.2) is 47.5 Å². The normalized spacial score (nSPS) is 10.3. The second-order valence-electron chi connectivity index (χ2n) is 3.99. The number of rotatable bonds is 1. The topological polar surface area (TPSA) is 82.4 Å². The molecule has 0 saturated heterocycles. The molecule has 2 aromatic heterocycles. The number of pyridine rings is 1. The molecule has 3 rings (SSSR count). The summed E-state index contributed by atoms with van der Waals surface area (Å²) in [6.45, 7) is 0. The molecule has 0 aliphatic rings. The Morgan fingerprint density at radius 1 is 1.21 bits per heavy atom. The molecule has 0 amide bonds. The molecular weight excluding hydrogens is 240 g/mol. The number of hydrogen-bond donors (Lipinski definition) is 1. The van der Waals surface area contributed by atoms with Gasteiger partial charge in [0.1, 0.15) is 11.6 Å². The van der Waals surface area contributed by atoms with Crippen molar-refractivity contribution in [2.75, 3.05) is 0 Å². The molecule has 1 aromatic carbocycles. The van der Waals surface area contributed by atoms with E-state index in [1.54, 1.807) is 6.20 Å². The number of nitriles is 1. The third-order valence-corrected chi connectivity index (χ3v) is 2.77. The van der Waals surface area contributed by atoms with E-state index in [1.807, 2.05) is 30.3 Å². The van der Waals surface area contributed by atoms with Crippen LogP contribution >= 0.6 is 0 Å². The van der Waals surface area contributed by atoms with Crippen LogP contribution in [-0.2, 0) is 0 Å². The van der Waals surface area contributed by atoms with Crippen LogP contribution in [0.25, 0.3) is 22.3 Å². The predicted molar refractivity (Wildman–Crippen MR) is 70.3 cm³/mol. The molecule has 0 bridgehead atoms. The lowest BCUT2D eigenvalue weighted by molar-refractivity contribution is 1.20. The van der Waals surface area contributed by atoms with Crippen molar-refractivity contribution in [3.8, 4) is 17.3 Å². The fourth-order valence-corrected chi connectivity index (χ4v) is 1.81. The first kappa shape index (κ1) is 11.1. The SMILES string of the molecule is N#Cc1cc(-c2cnc3ccccc3n2)c[nH]c1=O. The summed E-state index contributed by atoms with van der Waals surface area (Å²) in [5.74, 6) is 0. The Balaban J connectivity index is 2.19. The summed E-state index contributed by atoms with van der Waals surface area (Å²) in [7, 11) is 0. The van der Waals surface area contributed by atoms with Crippen LogP contribution in [0, 0.1) is 11.3 Å². The fraction of sp³-hybridized carbons (Fsp3) is 0. The molecule has 19 heavy (non-hydrogen) atoms. The summed E-state index contributed by atoms with van der Waals surface area (Å²) in [6, 6.07) is 10.9. The van der Waals surface area contributed by atoms with E-state index < -0.39 is 5.56 Å². The van der Waals surface area contributed by atoms with E-state index >= 15 is 0 Å². The van der Waals surface area contributed by atoms with Crippen LogP contribution in [0.4, 0.5) is 0 Å².